The quantitative estimate of drug-likeness (QED) is 0.577. The fourth-order valence-electron chi connectivity index (χ4n) is 2.24. The van der Waals surface area contributed by atoms with Crippen molar-refractivity contribution in [2.75, 3.05) is 19.6 Å². The van der Waals surface area contributed by atoms with Crippen LogP contribution in [-0.2, 0) is 0 Å². The van der Waals surface area contributed by atoms with Gasteiger partial charge in [-0.05, 0) is 36.4 Å². The Labute approximate surface area is 134 Å². The van der Waals surface area contributed by atoms with Crippen LogP contribution in [0.1, 0.15) is 5.56 Å². The Hall–Kier alpha value is -3.08. The van der Waals surface area contributed by atoms with Crippen molar-refractivity contribution < 1.29 is 9.47 Å². The van der Waals surface area contributed by atoms with Crippen LogP contribution in [-0.4, -0.2) is 25.4 Å². The summed E-state index contributed by atoms with van der Waals surface area (Å²) in [4.78, 5) is 4.50. The van der Waals surface area contributed by atoms with Crippen molar-refractivity contribution in [2.45, 2.75) is 0 Å². The minimum absolute atomic E-state index is 0.682. The summed E-state index contributed by atoms with van der Waals surface area (Å²) in [5.41, 5.74) is 4.68. The fraction of sp³-hybridized carbons (Fsp3) is 0.111. The van der Waals surface area contributed by atoms with E-state index in [0.717, 1.165) is 28.0 Å². The summed E-state index contributed by atoms with van der Waals surface area (Å²) in [5.74, 6) is 2.15. The zero-order chi connectivity index (χ0) is 16.1. The van der Waals surface area contributed by atoms with E-state index < -0.39 is 0 Å². The number of nitrogens with one attached hydrogen (secondary N) is 1. The summed E-state index contributed by atoms with van der Waals surface area (Å²) < 4.78 is 10.5. The Balaban J connectivity index is 1.79. The van der Waals surface area contributed by atoms with Crippen LogP contribution in [0.2, 0.25) is 0 Å². The maximum Gasteiger partial charge on any atom is 0.146 e. The van der Waals surface area contributed by atoms with Crippen LogP contribution >= 0.6 is 0 Å². The number of hydrogen-bond acceptors (Lipinski definition) is 5. The molecule has 0 atom stereocenters. The number of hydrogen-bond donors (Lipinski definition) is 1. The van der Waals surface area contributed by atoms with Gasteiger partial charge in [-0.25, -0.2) is 4.98 Å². The molecule has 5 heteroatoms. The SMILES string of the molecule is COc1ccc(OC)c(C=NNc2ccc3ccccc3n2)c1. The lowest BCUT2D eigenvalue weighted by Gasteiger charge is -2.07. The van der Waals surface area contributed by atoms with E-state index in [1.54, 1.807) is 20.4 Å². The van der Waals surface area contributed by atoms with Crippen molar-refractivity contribution >= 4 is 22.9 Å². The van der Waals surface area contributed by atoms with E-state index in [-0.39, 0.29) is 0 Å². The average Bonchev–Trinajstić information content (AvgIpc) is 2.61. The van der Waals surface area contributed by atoms with Crippen molar-refractivity contribution in [3.8, 4) is 11.5 Å². The summed E-state index contributed by atoms with van der Waals surface area (Å²) in [5, 5.41) is 5.32. The molecular formula is C18H17N3O2. The molecule has 0 saturated carbocycles. The van der Waals surface area contributed by atoms with E-state index in [0.29, 0.717) is 5.82 Å². The number of anilines is 1. The number of methoxy groups -OCH3 is 2. The second-order valence-electron chi connectivity index (χ2n) is 4.87. The van der Waals surface area contributed by atoms with Crippen molar-refractivity contribution in [1.29, 1.82) is 0 Å². The third-order valence-corrected chi connectivity index (χ3v) is 3.42. The number of pyridine rings is 1. The molecule has 3 rings (SSSR count). The smallest absolute Gasteiger partial charge is 0.146 e. The van der Waals surface area contributed by atoms with E-state index in [2.05, 4.69) is 15.5 Å². The maximum atomic E-state index is 5.32. The first kappa shape index (κ1) is 14.8. The highest BCUT2D eigenvalue weighted by Gasteiger charge is 2.02. The molecule has 0 unspecified atom stereocenters. The highest BCUT2D eigenvalue weighted by atomic mass is 16.5. The molecule has 0 aliphatic heterocycles. The van der Waals surface area contributed by atoms with Gasteiger partial charge in [-0.1, -0.05) is 18.2 Å². The molecule has 1 aromatic heterocycles. The Morgan fingerprint density at radius 3 is 2.70 bits per heavy atom. The van der Waals surface area contributed by atoms with Gasteiger partial charge in [0.05, 0.1) is 26.0 Å². The first-order chi connectivity index (χ1) is 11.3. The molecular weight excluding hydrogens is 290 g/mol. The number of para-hydroxylation sites is 1. The summed E-state index contributed by atoms with van der Waals surface area (Å²) in [6, 6.07) is 17.4. The zero-order valence-corrected chi connectivity index (χ0v) is 13.0. The lowest BCUT2D eigenvalue weighted by molar-refractivity contribution is 0.402. The molecule has 3 aromatic rings. The number of rotatable bonds is 5. The Morgan fingerprint density at radius 2 is 1.87 bits per heavy atom. The summed E-state index contributed by atoms with van der Waals surface area (Å²) in [6.45, 7) is 0. The average molecular weight is 307 g/mol. The van der Waals surface area contributed by atoms with Crippen LogP contribution < -0.4 is 14.9 Å². The van der Waals surface area contributed by atoms with Gasteiger partial charge in [0.25, 0.3) is 0 Å². The minimum Gasteiger partial charge on any atom is -0.497 e. The number of ether oxygens (including phenoxy) is 2. The Morgan fingerprint density at radius 1 is 1.00 bits per heavy atom. The molecule has 0 aliphatic rings. The van der Waals surface area contributed by atoms with E-state index in [9.17, 15) is 0 Å². The first-order valence-corrected chi connectivity index (χ1v) is 7.17. The molecule has 2 aromatic carbocycles. The minimum atomic E-state index is 0.682. The molecule has 0 radical (unpaired) electrons. The lowest BCUT2D eigenvalue weighted by Crippen LogP contribution is -1.96. The van der Waals surface area contributed by atoms with E-state index in [1.165, 1.54) is 0 Å². The standard InChI is InChI=1S/C18H17N3O2/c1-22-15-8-9-17(23-2)14(11-15)12-19-21-18-10-7-13-5-3-4-6-16(13)20-18/h3-12H,1-2H3,(H,20,21). The molecule has 0 bridgehead atoms. The highest BCUT2D eigenvalue weighted by Crippen LogP contribution is 2.22. The first-order valence-electron chi connectivity index (χ1n) is 7.17. The Bertz CT molecular complexity index is 847. The molecule has 1 N–H and O–H groups in total. The van der Waals surface area contributed by atoms with Crippen LogP contribution in [0.3, 0.4) is 0 Å². The monoisotopic (exact) mass is 307 g/mol. The van der Waals surface area contributed by atoms with Gasteiger partial charge < -0.3 is 9.47 Å². The number of fused-ring (bicyclic) bond motifs is 1. The molecule has 23 heavy (non-hydrogen) atoms. The van der Waals surface area contributed by atoms with E-state index in [4.69, 9.17) is 9.47 Å². The topological polar surface area (TPSA) is 55.7 Å². The molecule has 0 spiro atoms. The molecule has 0 amide bonds. The third-order valence-electron chi connectivity index (χ3n) is 3.42. The van der Waals surface area contributed by atoms with Gasteiger partial charge >= 0.3 is 0 Å². The summed E-state index contributed by atoms with van der Waals surface area (Å²) >= 11 is 0. The van der Waals surface area contributed by atoms with Crippen molar-refractivity contribution in [2.24, 2.45) is 5.10 Å². The predicted molar refractivity (Wildman–Crippen MR) is 92.5 cm³/mol. The van der Waals surface area contributed by atoms with Gasteiger partial charge in [0.1, 0.15) is 17.3 Å². The van der Waals surface area contributed by atoms with Gasteiger partial charge in [0.15, 0.2) is 0 Å². The highest BCUT2D eigenvalue weighted by molar-refractivity contribution is 5.85. The molecule has 5 nitrogen and oxygen atoms in total. The molecule has 1 heterocycles. The normalized spacial score (nSPS) is 10.9. The number of hydrazone groups is 1. The van der Waals surface area contributed by atoms with Gasteiger partial charge in [0, 0.05) is 10.9 Å². The molecule has 0 saturated heterocycles. The zero-order valence-electron chi connectivity index (χ0n) is 13.0. The summed E-state index contributed by atoms with van der Waals surface area (Å²) in [7, 11) is 3.25. The van der Waals surface area contributed by atoms with Gasteiger partial charge in [-0.3, -0.25) is 5.43 Å². The van der Waals surface area contributed by atoms with Crippen molar-refractivity contribution in [3.63, 3.8) is 0 Å². The fourth-order valence-corrected chi connectivity index (χ4v) is 2.24. The van der Waals surface area contributed by atoms with Gasteiger partial charge in [0.2, 0.25) is 0 Å². The number of aromatic nitrogens is 1. The predicted octanol–water partition coefficient (Wildman–Crippen LogP) is 3.70. The van der Waals surface area contributed by atoms with Crippen LogP contribution in [0.15, 0.2) is 59.7 Å². The van der Waals surface area contributed by atoms with Gasteiger partial charge in [-0.2, -0.15) is 5.10 Å². The van der Waals surface area contributed by atoms with Crippen molar-refractivity contribution in [3.05, 3.63) is 60.2 Å². The largest absolute Gasteiger partial charge is 0.497 e. The third kappa shape index (κ3) is 3.40. The van der Waals surface area contributed by atoms with Crippen LogP contribution in [0.25, 0.3) is 10.9 Å². The summed E-state index contributed by atoms with van der Waals surface area (Å²) in [6.07, 6.45) is 1.68. The van der Waals surface area contributed by atoms with Crippen LogP contribution in [0.5, 0.6) is 11.5 Å². The van der Waals surface area contributed by atoms with Gasteiger partial charge in [-0.15, -0.1) is 0 Å². The maximum absolute atomic E-state index is 5.32. The van der Waals surface area contributed by atoms with E-state index in [1.807, 2.05) is 54.6 Å². The second kappa shape index (κ2) is 6.79. The van der Waals surface area contributed by atoms with Crippen LogP contribution in [0, 0.1) is 0 Å². The molecule has 0 aliphatic carbocycles. The van der Waals surface area contributed by atoms with Crippen molar-refractivity contribution in [1.82, 2.24) is 4.98 Å². The Kier molecular flexibility index (Phi) is 4.38. The molecule has 0 fully saturated rings. The second-order valence-corrected chi connectivity index (χ2v) is 4.87. The lowest BCUT2D eigenvalue weighted by atomic mass is 10.2. The van der Waals surface area contributed by atoms with Crippen LogP contribution in [0.4, 0.5) is 5.82 Å². The number of nitrogens with zero attached hydrogens (tertiary/aromatic N) is 2. The van der Waals surface area contributed by atoms with E-state index >= 15 is 0 Å². The number of benzene rings is 2. The molecule has 116 valence electrons.